The highest BCUT2D eigenvalue weighted by Gasteiger charge is 2.16. The molecule has 1 aromatic carbocycles. The van der Waals surface area contributed by atoms with E-state index >= 15 is 0 Å². The van der Waals surface area contributed by atoms with Crippen LogP contribution in [0.25, 0.3) is 0 Å². The average molecular weight is 177 g/mol. The summed E-state index contributed by atoms with van der Waals surface area (Å²) < 4.78 is 0. The van der Waals surface area contributed by atoms with Gasteiger partial charge >= 0.3 is 0 Å². The summed E-state index contributed by atoms with van der Waals surface area (Å²) in [5.74, 6) is 0.151. The van der Waals surface area contributed by atoms with Gasteiger partial charge in [0.25, 0.3) is 5.91 Å². The summed E-state index contributed by atoms with van der Waals surface area (Å²) in [5, 5.41) is 12.3. The van der Waals surface area contributed by atoms with E-state index in [2.05, 4.69) is 5.32 Å². The first-order valence-electron chi connectivity index (χ1n) is 4.38. The molecule has 3 nitrogen and oxygen atoms in total. The summed E-state index contributed by atoms with van der Waals surface area (Å²) in [6, 6.07) is 5.06. The van der Waals surface area contributed by atoms with Crippen LogP contribution < -0.4 is 5.32 Å². The first-order chi connectivity index (χ1) is 6.29. The van der Waals surface area contributed by atoms with Crippen LogP contribution in [-0.4, -0.2) is 17.6 Å². The van der Waals surface area contributed by atoms with Gasteiger partial charge in [-0.1, -0.05) is 6.07 Å². The molecule has 0 aliphatic carbocycles. The fraction of sp³-hybridized carbons (Fsp3) is 0.300. The third kappa shape index (κ3) is 1.37. The highest BCUT2D eigenvalue weighted by molar-refractivity contribution is 5.96. The Hall–Kier alpha value is -1.51. The van der Waals surface area contributed by atoms with Gasteiger partial charge in [0.05, 0.1) is 0 Å². The Morgan fingerprint density at radius 1 is 1.38 bits per heavy atom. The van der Waals surface area contributed by atoms with Gasteiger partial charge in [0.1, 0.15) is 5.75 Å². The van der Waals surface area contributed by atoms with Crippen LogP contribution in [-0.2, 0) is 6.42 Å². The number of benzene rings is 1. The molecule has 0 saturated heterocycles. The second-order valence-electron chi connectivity index (χ2n) is 3.16. The highest BCUT2D eigenvalue weighted by atomic mass is 16.3. The average Bonchev–Trinajstić information content (AvgIpc) is 2.30. The van der Waals surface area contributed by atoms with Crippen molar-refractivity contribution in [1.82, 2.24) is 5.32 Å². The molecule has 1 amide bonds. The zero-order valence-electron chi connectivity index (χ0n) is 7.21. The van der Waals surface area contributed by atoms with E-state index in [0.717, 1.165) is 18.4 Å². The minimum absolute atomic E-state index is 0.0802. The third-order valence-electron chi connectivity index (χ3n) is 2.29. The fourth-order valence-corrected chi connectivity index (χ4v) is 1.61. The minimum Gasteiger partial charge on any atom is -0.508 e. The van der Waals surface area contributed by atoms with Crippen molar-refractivity contribution in [3.8, 4) is 5.75 Å². The van der Waals surface area contributed by atoms with Crippen LogP contribution >= 0.6 is 0 Å². The van der Waals surface area contributed by atoms with E-state index in [1.807, 2.05) is 0 Å². The maximum absolute atomic E-state index is 11.4. The normalized spacial score (nSPS) is 15.8. The quantitative estimate of drug-likeness (QED) is 0.622. The first-order valence-corrected chi connectivity index (χ1v) is 4.38. The van der Waals surface area contributed by atoms with Crippen LogP contribution in [0.5, 0.6) is 5.75 Å². The standard InChI is InChI=1S/C10H11NO2/c12-9-5-1-3-8-7(9)4-2-6-11-10(8)13/h1,3,5,12H,2,4,6H2,(H,11,13). The number of amides is 1. The number of rotatable bonds is 0. The van der Waals surface area contributed by atoms with Crippen LogP contribution in [0.4, 0.5) is 0 Å². The van der Waals surface area contributed by atoms with E-state index in [9.17, 15) is 9.90 Å². The Labute approximate surface area is 76.4 Å². The topological polar surface area (TPSA) is 49.3 Å². The van der Waals surface area contributed by atoms with E-state index in [1.54, 1.807) is 18.2 Å². The maximum Gasteiger partial charge on any atom is 0.251 e. The lowest BCUT2D eigenvalue weighted by Gasteiger charge is -2.05. The summed E-state index contributed by atoms with van der Waals surface area (Å²) in [5.41, 5.74) is 1.38. The number of hydrogen-bond acceptors (Lipinski definition) is 2. The van der Waals surface area contributed by atoms with Crippen molar-refractivity contribution in [2.75, 3.05) is 6.54 Å². The molecule has 3 heteroatoms. The van der Waals surface area contributed by atoms with Gasteiger partial charge < -0.3 is 10.4 Å². The van der Waals surface area contributed by atoms with Crippen molar-refractivity contribution < 1.29 is 9.90 Å². The lowest BCUT2D eigenvalue weighted by molar-refractivity contribution is 0.0955. The number of phenolic OH excluding ortho intramolecular Hbond substituents is 1. The molecule has 13 heavy (non-hydrogen) atoms. The Morgan fingerprint density at radius 2 is 2.23 bits per heavy atom. The number of hydrogen-bond donors (Lipinski definition) is 2. The predicted octanol–water partition coefficient (Wildman–Crippen LogP) is 1.07. The van der Waals surface area contributed by atoms with Gasteiger partial charge in [-0.2, -0.15) is 0 Å². The number of fused-ring (bicyclic) bond motifs is 1. The molecule has 0 radical (unpaired) electrons. The van der Waals surface area contributed by atoms with Gasteiger partial charge in [0.2, 0.25) is 0 Å². The van der Waals surface area contributed by atoms with E-state index in [4.69, 9.17) is 0 Å². The monoisotopic (exact) mass is 177 g/mol. The van der Waals surface area contributed by atoms with Gasteiger partial charge in [0.15, 0.2) is 0 Å². The molecule has 2 N–H and O–H groups in total. The van der Waals surface area contributed by atoms with E-state index in [1.165, 1.54) is 0 Å². The van der Waals surface area contributed by atoms with E-state index in [0.29, 0.717) is 12.1 Å². The third-order valence-corrected chi connectivity index (χ3v) is 2.29. The summed E-state index contributed by atoms with van der Waals surface area (Å²) in [4.78, 5) is 11.4. The molecule has 1 aromatic rings. The Kier molecular flexibility index (Phi) is 1.93. The molecule has 2 rings (SSSR count). The van der Waals surface area contributed by atoms with Gasteiger partial charge in [-0.05, 0) is 25.0 Å². The molecular formula is C10H11NO2. The van der Waals surface area contributed by atoms with Crippen molar-refractivity contribution in [2.45, 2.75) is 12.8 Å². The molecule has 1 aliphatic heterocycles. The van der Waals surface area contributed by atoms with Crippen LogP contribution in [0.3, 0.4) is 0 Å². The smallest absolute Gasteiger partial charge is 0.251 e. The largest absolute Gasteiger partial charge is 0.508 e. The van der Waals surface area contributed by atoms with Crippen LogP contribution in [0.1, 0.15) is 22.3 Å². The summed E-state index contributed by atoms with van der Waals surface area (Å²) >= 11 is 0. The number of carbonyl (C=O) groups is 1. The number of phenols is 1. The fourth-order valence-electron chi connectivity index (χ4n) is 1.61. The number of nitrogens with one attached hydrogen (secondary N) is 1. The highest BCUT2D eigenvalue weighted by Crippen LogP contribution is 2.23. The first kappa shape index (κ1) is 8.10. The molecule has 0 atom stereocenters. The lowest BCUT2D eigenvalue weighted by Crippen LogP contribution is -2.22. The van der Waals surface area contributed by atoms with Gasteiger partial charge in [-0.25, -0.2) is 0 Å². The Morgan fingerprint density at radius 3 is 3.08 bits per heavy atom. The van der Waals surface area contributed by atoms with Crippen molar-refractivity contribution in [3.05, 3.63) is 29.3 Å². The molecule has 0 bridgehead atoms. The predicted molar refractivity (Wildman–Crippen MR) is 48.8 cm³/mol. The lowest BCUT2D eigenvalue weighted by atomic mass is 10.0. The number of aromatic hydroxyl groups is 1. The molecule has 0 saturated carbocycles. The minimum atomic E-state index is -0.0802. The summed E-state index contributed by atoms with van der Waals surface area (Å²) in [7, 11) is 0. The van der Waals surface area contributed by atoms with Gasteiger partial charge in [0, 0.05) is 17.7 Å². The van der Waals surface area contributed by atoms with Crippen molar-refractivity contribution in [2.24, 2.45) is 0 Å². The molecular weight excluding hydrogens is 166 g/mol. The molecule has 0 fully saturated rings. The van der Waals surface area contributed by atoms with E-state index in [-0.39, 0.29) is 11.7 Å². The maximum atomic E-state index is 11.4. The second-order valence-corrected chi connectivity index (χ2v) is 3.16. The van der Waals surface area contributed by atoms with Crippen molar-refractivity contribution in [3.63, 3.8) is 0 Å². The molecule has 0 spiro atoms. The van der Waals surface area contributed by atoms with Crippen molar-refractivity contribution in [1.29, 1.82) is 0 Å². The van der Waals surface area contributed by atoms with Crippen LogP contribution in [0.2, 0.25) is 0 Å². The summed E-state index contributed by atoms with van der Waals surface area (Å²) in [6.07, 6.45) is 1.65. The van der Waals surface area contributed by atoms with Gasteiger partial charge in [-0.15, -0.1) is 0 Å². The molecule has 1 heterocycles. The zero-order chi connectivity index (χ0) is 9.26. The van der Waals surface area contributed by atoms with Crippen molar-refractivity contribution >= 4 is 5.91 Å². The summed E-state index contributed by atoms with van der Waals surface area (Å²) in [6.45, 7) is 0.687. The van der Waals surface area contributed by atoms with Crippen LogP contribution in [0.15, 0.2) is 18.2 Å². The van der Waals surface area contributed by atoms with Crippen LogP contribution in [0, 0.1) is 0 Å². The Bertz CT molecular complexity index is 347. The number of carbonyl (C=O) groups excluding carboxylic acids is 1. The molecule has 1 aliphatic rings. The SMILES string of the molecule is O=C1NCCCc2c(O)cccc21. The Balaban J connectivity index is 2.54. The molecule has 0 aromatic heterocycles. The van der Waals surface area contributed by atoms with Gasteiger partial charge in [-0.3, -0.25) is 4.79 Å². The molecule has 0 unspecified atom stereocenters. The van der Waals surface area contributed by atoms with E-state index < -0.39 is 0 Å². The molecule has 68 valence electrons. The second kappa shape index (κ2) is 3.09. The zero-order valence-corrected chi connectivity index (χ0v) is 7.21.